The number of sulfonamides is 1. The minimum atomic E-state index is -3.65. The van der Waals surface area contributed by atoms with Crippen molar-refractivity contribution >= 4 is 15.9 Å². The molecule has 7 heteroatoms. The summed E-state index contributed by atoms with van der Waals surface area (Å²) in [5, 5.41) is 2.82. The van der Waals surface area contributed by atoms with Crippen LogP contribution in [0.5, 0.6) is 5.75 Å². The predicted molar refractivity (Wildman–Crippen MR) is 105 cm³/mol. The number of carbonyl (C=O) groups excluding carboxylic acids is 1. The number of rotatable bonds is 8. The normalized spacial score (nSPS) is 11.4. The first-order valence-electron chi connectivity index (χ1n) is 8.77. The van der Waals surface area contributed by atoms with E-state index in [1.807, 2.05) is 13.8 Å². The molecule has 0 saturated heterocycles. The molecule has 0 fully saturated rings. The first-order chi connectivity index (χ1) is 12.8. The van der Waals surface area contributed by atoms with Crippen molar-refractivity contribution in [3.05, 3.63) is 59.2 Å². The molecule has 146 valence electrons. The maximum absolute atomic E-state index is 12.8. The van der Waals surface area contributed by atoms with Gasteiger partial charge in [0, 0.05) is 31.3 Å². The van der Waals surface area contributed by atoms with E-state index in [2.05, 4.69) is 5.32 Å². The molecule has 2 aromatic rings. The third-order valence-corrected chi connectivity index (χ3v) is 6.02. The lowest BCUT2D eigenvalue weighted by molar-refractivity contribution is 0.0953. The van der Waals surface area contributed by atoms with Gasteiger partial charge in [-0.2, -0.15) is 4.31 Å². The number of aryl methyl sites for hydroxylation is 1. The Morgan fingerprint density at radius 1 is 1.15 bits per heavy atom. The number of nitrogens with zero attached hydrogens (tertiary/aromatic N) is 1. The zero-order valence-electron chi connectivity index (χ0n) is 16.2. The van der Waals surface area contributed by atoms with Gasteiger partial charge in [0.15, 0.2) is 0 Å². The minimum absolute atomic E-state index is 0.0915. The van der Waals surface area contributed by atoms with Crippen LogP contribution in [0.1, 0.15) is 34.8 Å². The fraction of sp³-hybridized carbons (Fsp3) is 0.350. The van der Waals surface area contributed by atoms with Crippen LogP contribution < -0.4 is 10.1 Å². The number of amides is 1. The molecule has 27 heavy (non-hydrogen) atoms. The summed E-state index contributed by atoms with van der Waals surface area (Å²) < 4.78 is 32.2. The summed E-state index contributed by atoms with van der Waals surface area (Å²) in [6, 6.07) is 11.7. The van der Waals surface area contributed by atoms with Gasteiger partial charge in [-0.15, -0.1) is 0 Å². The van der Waals surface area contributed by atoms with Crippen LogP contribution >= 0.6 is 0 Å². The Kier molecular flexibility index (Phi) is 6.98. The highest BCUT2D eigenvalue weighted by molar-refractivity contribution is 7.89. The summed E-state index contributed by atoms with van der Waals surface area (Å²) >= 11 is 0. The van der Waals surface area contributed by atoms with Crippen LogP contribution in [0.25, 0.3) is 0 Å². The molecule has 2 aromatic carbocycles. The zero-order valence-corrected chi connectivity index (χ0v) is 17.0. The van der Waals surface area contributed by atoms with Crippen LogP contribution in [0.3, 0.4) is 0 Å². The van der Waals surface area contributed by atoms with Crippen molar-refractivity contribution in [3.63, 3.8) is 0 Å². The Morgan fingerprint density at radius 3 is 2.41 bits per heavy atom. The molecule has 0 saturated carbocycles. The van der Waals surface area contributed by atoms with Crippen molar-refractivity contribution < 1.29 is 17.9 Å². The van der Waals surface area contributed by atoms with Crippen molar-refractivity contribution in [3.8, 4) is 5.75 Å². The van der Waals surface area contributed by atoms with E-state index >= 15 is 0 Å². The minimum Gasteiger partial charge on any atom is -0.496 e. The number of nitrogens with one attached hydrogen (secondary N) is 1. The lowest BCUT2D eigenvalue weighted by atomic mass is 10.1. The van der Waals surface area contributed by atoms with Crippen LogP contribution in [0.2, 0.25) is 0 Å². The monoisotopic (exact) mass is 390 g/mol. The first-order valence-corrected chi connectivity index (χ1v) is 10.2. The summed E-state index contributed by atoms with van der Waals surface area (Å²) in [5.41, 5.74) is 2.09. The molecular formula is C20H26N2O4S. The maximum atomic E-state index is 12.8. The maximum Gasteiger partial charge on any atom is 0.251 e. The van der Waals surface area contributed by atoms with Gasteiger partial charge in [0.25, 0.3) is 5.91 Å². The molecular weight excluding hydrogens is 364 g/mol. The Balaban J connectivity index is 2.28. The molecule has 0 aliphatic carbocycles. The second kappa shape index (κ2) is 9.01. The number of hydrogen-bond donors (Lipinski definition) is 1. The average molecular weight is 391 g/mol. The standard InChI is InChI=1S/C20H26N2O4S/c1-5-12-21-20(23)16-8-11-19(26-4)17(13-16)14-22(3)27(24,25)18-9-6-15(2)7-10-18/h6-11,13H,5,12,14H2,1-4H3,(H,21,23). The summed E-state index contributed by atoms with van der Waals surface area (Å²) in [5.74, 6) is 0.345. The van der Waals surface area contributed by atoms with Crippen molar-refractivity contribution in [2.75, 3.05) is 20.7 Å². The highest BCUT2D eigenvalue weighted by Gasteiger charge is 2.22. The highest BCUT2D eigenvalue weighted by atomic mass is 32.2. The molecule has 0 heterocycles. The number of benzene rings is 2. The third-order valence-electron chi connectivity index (χ3n) is 4.20. The van der Waals surface area contributed by atoms with Crippen LogP contribution in [0.4, 0.5) is 0 Å². The topological polar surface area (TPSA) is 75.7 Å². The molecule has 0 radical (unpaired) electrons. The average Bonchev–Trinajstić information content (AvgIpc) is 2.66. The van der Waals surface area contributed by atoms with Crippen LogP contribution in [0.15, 0.2) is 47.4 Å². The first kappa shape index (κ1) is 20.9. The smallest absolute Gasteiger partial charge is 0.251 e. The van der Waals surface area contributed by atoms with Gasteiger partial charge in [-0.1, -0.05) is 24.6 Å². The Hall–Kier alpha value is -2.38. The molecule has 1 amide bonds. The van der Waals surface area contributed by atoms with Gasteiger partial charge in [-0.3, -0.25) is 4.79 Å². The van der Waals surface area contributed by atoms with E-state index < -0.39 is 10.0 Å². The van der Waals surface area contributed by atoms with Gasteiger partial charge in [0.1, 0.15) is 5.75 Å². The van der Waals surface area contributed by atoms with E-state index in [4.69, 9.17) is 4.74 Å². The van der Waals surface area contributed by atoms with Gasteiger partial charge in [0.2, 0.25) is 10.0 Å². The molecule has 0 aliphatic heterocycles. The lowest BCUT2D eigenvalue weighted by Crippen LogP contribution is -2.27. The molecule has 0 unspecified atom stereocenters. The largest absolute Gasteiger partial charge is 0.496 e. The molecule has 0 aromatic heterocycles. The van der Waals surface area contributed by atoms with Crippen LogP contribution in [-0.2, 0) is 16.6 Å². The predicted octanol–water partition coefficient (Wildman–Crippen LogP) is 2.96. The van der Waals surface area contributed by atoms with Gasteiger partial charge >= 0.3 is 0 Å². The molecule has 0 bridgehead atoms. The van der Waals surface area contributed by atoms with Crippen molar-refractivity contribution in [1.82, 2.24) is 9.62 Å². The van der Waals surface area contributed by atoms with Crippen molar-refractivity contribution in [1.29, 1.82) is 0 Å². The fourth-order valence-corrected chi connectivity index (χ4v) is 3.75. The molecule has 0 spiro atoms. The Morgan fingerprint density at radius 2 is 1.81 bits per heavy atom. The highest BCUT2D eigenvalue weighted by Crippen LogP contribution is 2.24. The van der Waals surface area contributed by atoms with Gasteiger partial charge in [0.05, 0.1) is 12.0 Å². The lowest BCUT2D eigenvalue weighted by Gasteiger charge is -2.19. The van der Waals surface area contributed by atoms with Crippen LogP contribution in [0, 0.1) is 6.92 Å². The zero-order chi connectivity index (χ0) is 20.0. The second-order valence-electron chi connectivity index (χ2n) is 6.36. The Labute approximate surface area is 161 Å². The third kappa shape index (κ3) is 5.08. The van der Waals surface area contributed by atoms with Crippen molar-refractivity contribution in [2.45, 2.75) is 31.7 Å². The van der Waals surface area contributed by atoms with E-state index in [1.54, 1.807) is 42.5 Å². The summed E-state index contributed by atoms with van der Waals surface area (Å²) in [7, 11) is -0.619. The number of methoxy groups -OCH3 is 1. The van der Waals surface area contributed by atoms with E-state index in [0.29, 0.717) is 23.4 Å². The van der Waals surface area contributed by atoms with Gasteiger partial charge < -0.3 is 10.1 Å². The van der Waals surface area contributed by atoms with E-state index in [1.165, 1.54) is 18.5 Å². The van der Waals surface area contributed by atoms with E-state index in [9.17, 15) is 13.2 Å². The summed E-state index contributed by atoms with van der Waals surface area (Å²) in [4.78, 5) is 12.4. The molecule has 1 N–H and O–H groups in total. The molecule has 0 aliphatic rings. The molecule has 2 rings (SSSR count). The van der Waals surface area contributed by atoms with E-state index in [-0.39, 0.29) is 17.3 Å². The SMILES string of the molecule is CCCNC(=O)c1ccc(OC)c(CN(C)S(=O)(=O)c2ccc(C)cc2)c1. The number of hydrogen-bond acceptors (Lipinski definition) is 4. The quantitative estimate of drug-likeness (QED) is 0.752. The second-order valence-corrected chi connectivity index (χ2v) is 8.40. The van der Waals surface area contributed by atoms with Crippen LogP contribution in [-0.4, -0.2) is 39.3 Å². The number of ether oxygens (including phenoxy) is 1. The van der Waals surface area contributed by atoms with Gasteiger partial charge in [-0.05, 0) is 43.7 Å². The van der Waals surface area contributed by atoms with Crippen molar-refractivity contribution in [2.24, 2.45) is 0 Å². The fourth-order valence-electron chi connectivity index (χ4n) is 2.60. The molecule has 0 atom stereocenters. The van der Waals surface area contributed by atoms with Gasteiger partial charge in [-0.25, -0.2) is 8.42 Å². The van der Waals surface area contributed by atoms with E-state index in [0.717, 1.165) is 12.0 Å². The summed E-state index contributed by atoms with van der Waals surface area (Å²) in [6.07, 6.45) is 0.840. The Bertz CT molecular complexity index is 893. The summed E-state index contributed by atoms with van der Waals surface area (Å²) in [6.45, 7) is 4.56. The molecule has 6 nitrogen and oxygen atoms in total. The number of carbonyl (C=O) groups is 1.